The van der Waals surface area contributed by atoms with E-state index in [4.69, 9.17) is 15.2 Å². The number of aromatic nitrogens is 3. The van der Waals surface area contributed by atoms with Crippen LogP contribution in [0.2, 0.25) is 0 Å². The minimum Gasteiger partial charge on any atom is -0.382 e. The molecule has 0 aromatic carbocycles. The molecule has 14 heteroatoms. The lowest BCUT2D eigenvalue weighted by atomic mass is 10.1. The van der Waals surface area contributed by atoms with E-state index in [2.05, 4.69) is 15.4 Å². The zero-order valence-electron chi connectivity index (χ0n) is 18.1. The van der Waals surface area contributed by atoms with Crippen molar-refractivity contribution in [2.75, 3.05) is 26.8 Å². The molecule has 3 rings (SSSR count). The zero-order chi connectivity index (χ0) is 24.6. The van der Waals surface area contributed by atoms with Crippen molar-refractivity contribution in [1.29, 1.82) is 0 Å². The summed E-state index contributed by atoms with van der Waals surface area (Å²) in [7, 11) is 1.37. The van der Waals surface area contributed by atoms with Crippen LogP contribution < -0.4 is 11.1 Å². The van der Waals surface area contributed by atoms with Gasteiger partial charge in [-0.15, -0.1) is 0 Å². The number of rotatable bonds is 8. The molecule has 0 unspecified atom stereocenters. The molecule has 0 aliphatic carbocycles. The molecule has 0 bridgehead atoms. The first-order valence-corrected chi connectivity index (χ1v) is 10.1. The van der Waals surface area contributed by atoms with E-state index in [-0.39, 0.29) is 17.9 Å². The second-order valence-electron chi connectivity index (χ2n) is 7.92. The summed E-state index contributed by atoms with van der Waals surface area (Å²) in [6.45, 7) is 0.661. The van der Waals surface area contributed by atoms with Gasteiger partial charge in [-0.1, -0.05) is 0 Å². The van der Waals surface area contributed by atoms with Gasteiger partial charge in [-0.2, -0.15) is 18.3 Å². The summed E-state index contributed by atoms with van der Waals surface area (Å²) in [4.78, 5) is 17.5. The topological polar surface area (TPSA) is 107 Å². The second kappa shape index (κ2) is 9.35. The Kier molecular flexibility index (Phi) is 7.10. The van der Waals surface area contributed by atoms with Gasteiger partial charge in [0, 0.05) is 12.7 Å². The smallest absolute Gasteiger partial charge is 0.382 e. The van der Waals surface area contributed by atoms with Crippen molar-refractivity contribution in [2.24, 2.45) is 5.73 Å². The Bertz CT molecular complexity index is 984. The van der Waals surface area contributed by atoms with Gasteiger partial charge in [0.15, 0.2) is 11.8 Å². The molecule has 1 aliphatic heterocycles. The summed E-state index contributed by atoms with van der Waals surface area (Å²) in [5.74, 6) is -3.12. The van der Waals surface area contributed by atoms with Crippen molar-refractivity contribution >= 4 is 11.7 Å². The van der Waals surface area contributed by atoms with Gasteiger partial charge in [-0.25, -0.2) is 23.1 Å². The average molecular weight is 480 g/mol. The maximum Gasteiger partial charge on any atom is 0.414 e. The van der Waals surface area contributed by atoms with E-state index in [1.54, 1.807) is 0 Å². The van der Waals surface area contributed by atoms with Crippen LogP contribution in [-0.4, -0.2) is 76.6 Å². The minimum atomic E-state index is -4.53. The second-order valence-corrected chi connectivity index (χ2v) is 7.92. The third kappa shape index (κ3) is 5.68. The number of hydrogen-bond acceptors (Lipinski definition) is 6. The number of nitrogens with zero attached hydrogens (tertiary/aromatic N) is 4. The lowest BCUT2D eigenvalue weighted by Gasteiger charge is -2.38. The van der Waals surface area contributed by atoms with E-state index in [0.29, 0.717) is 5.56 Å². The highest BCUT2D eigenvalue weighted by molar-refractivity contribution is 5.76. The summed E-state index contributed by atoms with van der Waals surface area (Å²) in [6.07, 6.45) is -4.73. The van der Waals surface area contributed by atoms with Crippen LogP contribution in [0.1, 0.15) is 37.2 Å². The van der Waals surface area contributed by atoms with Crippen molar-refractivity contribution in [3.05, 3.63) is 29.7 Å². The summed E-state index contributed by atoms with van der Waals surface area (Å²) in [5.41, 5.74) is 6.92. The number of carbonyl (C=O) groups is 1. The summed E-state index contributed by atoms with van der Waals surface area (Å²) in [5, 5.41) is 6.33. The molecular weight excluding hydrogens is 455 g/mol. The Morgan fingerprint density at radius 2 is 2.03 bits per heavy atom. The first-order valence-electron chi connectivity index (χ1n) is 10.1. The van der Waals surface area contributed by atoms with Crippen LogP contribution in [0.15, 0.2) is 18.5 Å². The number of carbonyl (C=O) groups excluding carboxylic acids is 1. The average Bonchev–Trinajstić information content (AvgIpc) is 3.15. The van der Waals surface area contributed by atoms with Gasteiger partial charge in [0.25, 0.3) is 5.92 Å². The maximum absolute atomic E-state index is 13.9. The van der Waals surface area contributed by atoms with Crippen LogP contribution in [0, 0.1) is 0 Å². The van der Waals surface area contributed by atoms with Gasteiger partial charge in [0.2, 0.25) is 0 Å². The third-order valence-electron chi connectivity index (χ3n) is 5.33. The fourth-order valence-electron chi connectivity index (χ4n) is 3.44. The van der Waals surface area contributed by atoms with Crippen LogP contribution in [-0.2, 0) is 9.47 Å². The molecule has 1 saturated heterocycles. The van der Waals surface area contributed by atoms with Crippen molar-refractivity contribution in [2.45, 2.75) is 50.2 Å². The number of hydrogen-bond donors (Lipinski definition) is 2. The maximum atomic E-state index is 13.9. The molecular formula is C19H25F5N6O3. The van der Waals surface area contributed by atoms with Gasteiger partial charge < -0.3 is 25.4 Å². The third-order valence-corrected chi connectivity index (χ3v) is 5.33. The summed E-state index contributed by atoms with van der Waals surface area (Å²) < 4.78 is 77.6. The minimum absolute atomic E-state index is 0.0748. The van der Waals surface area contributed by atoms with E-state index < -0.39 is 55.5 Å². The predicted molar refractivity (Wildman–Crippen MR) is 106 cm³/mol. The van der Waals surface area contributed by atoms with Crippen molar-refractivity contribution < 1.29 is 36.2 Å². The normalized spacial score (nSPS) is 20.4. The van der Waals surface area contributed by atoms with Gasteiger partial charge in [0.1, 0.15) is 0 Å². The van der Waals surface area contributed by atoms with E-state index in [1.165, 1.54) is 37.0 Å². The van der Waals surface area contributed by atoms with E-state index in [1.807, 2.05) is 0 Å². The number of amides is 2. The first-order chi connectivity index (χ1) is 15.3. The highest BCUT2D eigenvalue weighted by Crippen LogP contribution is 2.29. The molecule has 2 aromatic heterocycles. The molecule has 2 aromatic rings. The zero-order valence-corrected chi connectivity index (χ0v) is 18.1. The molecule has 3 heterocycles. The highest BCUT2D eigenvalue weighted by atomic mass is 19.4. The molecule has 0 radical (unpaired) electrons. The van der Waals surface area contributed by atoms with E-state index in [0.717, 1.165) is 11.8 Å². The van der Waals surface area contributed by atoms with Gasteiger partial charge >= 0.3 is 12.2 Å². The fraction of sp³-hybridized carbons (Fsp3) is 0.632. The lowest BCUT2D eigenvalue weighted by molar-refractivity contribution is -0.227. The van der Waals surface area contributed by atoms with E-state index in [9.17, 15) is 26.7 Å². The number of ether oxygens (including phenoxy) is 2. The molecule has 0 saturated carbocycles. The molecule has 1 aliphatic rings. The van der Waals surface area contributed by atoms with Crippen LogP contribution in [0.25, 0.3) is 5.65 Å². The predicted octanol–water partition coefficient (Wildman–Crippen LogP) is 2.43. The molecule has 1 fully saturated rings. The molecule has 3 N–H and O–H groups in total. The van der Waals surface area contributed by atoms with E-state index >= 15 is 0 Å². The van der Waals surface area contributed by atoms with Gasteiger partial charge in [0.05, 0.1) is 56.0 Å². The standard InChI is InChI=1S/C19H25F5N6O3/c1-10(33-11(2)19(22,23)24)16(25)13-6-30-15(28-13)4-12(5-27-30)14(7-32-3)29-9-18(20,21)8-26-17(29)31/h4-6,10-11,14,16H,7-9,25H2,1-3H3,(H,26,31)/t10-,11-,14-,16+/m1/s1. The van der Waals surface area contributed by atoms with Crippen molar-refractivity contribution in [3.8, 4) is 0 Å². The van der Waals surface area contributed by atoms with Crippen LogP contribution in [0.3, 0.4) is 0 Å². The van der Waals surface area contributed by atoms with Crippen LogP contribution in [0.4, 0.5) is 26.7 Å². The Hall–Kier alpha value is -2.58. The Balaban J connectivity index is 1.85. The molecule has 0 spiro atoms. The van der Waals surface area contributed by atoms with Crippen molar-refractivity contribution in [1.82, 2.24) is 24.8 Å². The van der Waals surface area contributed by atoms with Crippen LogP contribution >= 0.6 is 0 Å². The largest absolute Gasteiger partial charge is 0.414 e. The Morgan fingerprint density at radius 1 is 1.33 bits per heavy atom. The van der Waals surface area contributed by atoms with Crippen LogP contribution in [0.5, 0.6) is 0 Å². The molecule has 184 valence electrons. The molecule has 33 heavy (non-hydrogen) atoms. The summed E-state index contributed by atoms with van der Waals surface area (Å²) >= 11 is 0. The number of methoxy groups -OCH3 is 1. The molecule has 4 atom stereocenters. The number of urea groups is 1. The Morgan fingerprint density at radius 3 is 2.67 bits per heavy atom. The number of nitrogens with two attached hydrogens (primary N) is 1. The summed E-state index contributed by atoms with van der Waals surface area (Å²) in [6, 6.07) is -1.00. The monoisotopic (exact) mass is 480 g/mol. The lowest BCUT2D eigenvalue weighted by Crippen LogP contribution is -2.58. The quantitative estimate of drug-likeness (QED) is 0.562. The SMILES string of the molecule is COC[C@H](c1cnn2cc([C@@H](N)[C@@H](C)O[C@H](C)C(F)(F)F)nc2c1)N1CC(F)(F)CNC1=O. The fourth-order valence-corrected chi connectivity index (χ4v) is 3.44. The number of fused-ring (bicyclic) bond motifs is 1. The number of imidazole rings is 1. The first kappa shape index (κ1) is 25.1. The number of halogens is 5. The van der Waals surface area contributed by atoms with Gasteiger partial charge in [-0.05, 0) is 19.9 Å². The molecule has 9 nitrogen and oxygen atoms in total. The van der Waals surface area contributed by atoms with Crippen molar-refractivity contribution in [3.63, 3.8) is 0 Å². The van der Waals surface area contributed by atoms with Gasteiger partial charge in [-0.3, -0.25) is 0 Å². The Labute approximate surface area is 186 Å². The molecule has 2 amide bonds. The number of alkyl halides is 5. The highest BCUT2D eigenvalue weighted by Gasteiger charge is 2.42. The number of nitrogens with one attached hydrogen (secondary N) is 1.